The third kappa shape index (κ3) is 4.28. The predicted octanol–water partition coefficient (Wildman–Crippen LogP) is 4.75. The fourth-order valence-corrected chi connectivity index (χ4v) is 3.38. The van der Waals surface area contributed by atoms with Gasteiger partial charge in [0.2, 0.25) is 0 Å². The summed E-state index contributed by atoms with van der Waals surface area (Å²) in [6.45, 7) is 4.71. The van der Waals surface area contributed by atoms with Crippen LogP contribution in [-0.2, 0) is 6.54 Å². The second-order valence-electron chi connectivity index (χ2n) is 6.05. The van der Waals surface area contributed by atoms with E-state index in [1.165, 1.54) is 0 Å². The number of amides is 2. The van der Waals surface area contributed by atoms with Crippen LogP contribution < -0.4 is 15.4 Å². The Hall–Kier alpha value is -2.60. The monoisotopic (exact) mass is 355 g/mol. The number of rotatable bonds is 5. The van der Waals surface area contributed by atoms with Crippen LogP contribution in [-0.4, -0.2) is 18.1 Å². The average Bonchev–Trinajstić information content (AvgIpc) is 3.04. The molecule has 0 fully saturated rings. The summed E-state index contributed by atoms with van der Waals surface area (Å²) in [4.78, 5) is 16.7. The van der Waals surface area contributed by atoms with Gasteiger partial charge in [-0.1, -0.05) is 26.0 Å². The average molecular weight is 355 g/mol. The third-order valence-corrected chi connectivity index (χ3v) is 5.09. The van der Waals surface area contributed by atoms with Crippen molar-refractivity contribution in [3.63, 3.8) is 0 Å². The van der Waals surface area contributed by atoms with Crippen LogP contribution >= 0.6 is 11.3 Å². The molecule has 1 aromatic heterocycles. The lowest BCUT2D eigenvalue weighted by atomic mass is 10.2. The molecule has 130 valence electrons. The van der Waals surface area contributed by atoms with Crippen LogP contribution in [0.1, 0.15) is 30.3 Å². The molecule has 0 radical (unpaired) electrons. The SMILES string of the molecule is COc1ccc(CNC(=O)Nc2ccc3nc(C(C)C)sc3c2)cc1. The van der Waals surface area contributed by atoms with Crippen LogP contribution in [0.3, 0.4) is 0 Å². The molecule has 0 bridgehead atoms. The molecule has 0 aliphatic rings. The Balaban J connectivity index is 1.60. The summed E-state index contributed by atoms with van der Waals surface area (Å²) in [5.41, 5.74) is 2.74. The minimum Gasteiger partial charge on any atom is -0.497 e. The van der Waals surface area contributed by atoms with Gasteiger partial charge < -0.3 is 15.4 Å². The lowest BCUT2D eigenvalue weighted by Crippen LogP contribution is -2.28. The van der Waals surface area contributed by atoms with Crippen molar-refractivity contribution >= 4 is 33.3 Å². The molecule has 2 amide bonds. The third-order valence-electron chi connectivity index (χ3n) is 3.77. The highest BCUT2D eigenvalue weighted by Gasteiger charge is 2.09. The van der Waals surface area contributed by atoms with Gasteiger partial charge in [-0.25, -0.2) is 9.78 Å². The Kier molecular flexibility index (Phi) is 5.19. The standard InChI is InChI=1S/C19H21N3O2S/c1-12(2)18-22-16-9-6-14(10-17(16)25-18)21-19(23)20-11-13-4-7-15(24-3)8-5-13/h4-10,12H,11H2,1-3H3,(H2,20,21,23). The molecule has 1 heterocycles. The van der Waals surface area contributed by atoms with Gasteiger partial charge in [-0.15, -0.1) is 11.3 Å². The highest BCUT2D eigenvalue weighted by molar-refractivity contribution is 7.18. The maximum Gasteiger partial charge on any atom is 0.319 e. The zero-order chi connectivity index (χ0) is 17.8. The van der Waals surface area contributed by atoms with E-state index in [2.05, 4.69) is 29.5 Å². The molecular formula is C19H21N3O2S. The number of carbonyl (C=O) groups is 1. The van der Waals surface area contributed by atoms with E-state index < -0.39 is 0 Å². The van der Waals surface area contributed by atoms with Gasteiger partial charge in [0, 0.05) is 18.2 Å². The molecule has 0 atom stereocenters. The number of thiazole rings is 1. The van der Waals surface area contributed by atoms with Crippen molar-refractivity contribution in [2.75, 3.05) is 12.4 Å². The Morgan fingerprint density at radius 2 is 1.96 bits per heavy atom. The number of nitrogens with zero attached hydrogens (tertiary/aromatic N) is 1. The van der Waals surface area contributed by atoms with Crippen LogP contribution in [0.15, 0.2) is 42.5 Å². The van der Waals surface area contributed by atoms with E-state index in [1.54, 1.807) is 18.4 Å². The van der Waals surface area contributed by atoms with E-state index in [0.717, 1.165) is 32.2 Å². The van der Waals surface area contributed by atoms with E-state index in [4.69, 9.17) is 4.74 Å². The van der Waals surface area contributed by atoms with Gasteiger partial charge in [0.15, 0.2) is 0 Å². The molecule has 3 aromatic rings. The Morgan fingerprint density at radius 1 is 1.20 bits per heavy atom. The molecule has 0 aliphatic carbocycles. The molecule has 6 heteroatoms. The van der Waals surface area contributed by atoms with Crippen LogP contribution in [0, 0.1) is 0 Å². The van der Waals surface area contributed by atoms with Crippen molar-refractivity contribution in [2.24, 2.45) is 0 Å². The lowest BCUT2D eigenvalue weighted by molar-refractivity contribution is 0.251. The molecule has 5 nitrogen and oxygen atoms in total. The quantitative estimate of drug-likeness (QED) is 0.694. The summed E-state index contributed by atoms with van der Waals surface area (Å²) < 4.78 is 6.20. The number of anilines is 1. The Bertz CT molecular complexity index is 872. The van der Waals surface area contributed by atoms with Gasteiger partial charge in [0.25, 0.3) is 0 Å². The van der Waals surface area contributed by atoms with Crippen LogP contribution in [0.4, 0.5) is 10.5 Å². The van der Waals surface area contributed by atoms with Gasteiger partial charge in [0.1, 0.15) is 5.75 Å². The molecule has 0 unspecified atom stereocenters. The molecule has 2 aromatic carbocycles. The highest BCUT2D eigenvalue weighted by atomic mass is 32.1. The Morgan fingerprint density at radius 3 is 2.64 bits per heavy atom. The molecule has 0 saturated carbocycles. The van der Waals surface area contributed by atoms with Gasteiger partial charge in [0.05, 0.1) is 22.3 Å². The first-order valence-electron chi connectivity index (χ1n) is 8.13. The number of carbonyl (C=O) groups excluding carboxylic acids is 1. The minimum absolute atomic E-state index is 0.233. The largest absolute Gasteiger partial charge is 0.497 e. The molecule has 3 rings (SSSR count). The van der Waals surface area contributed by atoms with Crippen molar-refractivity contribution in [3.05, 3.63) is 53.0 Å². The molecule has 25 heavy (non-hydrogen) atoms. The Labute approximate surface area is 151 Å². The van der Waals surface area contributed by atoms with Crippen LogP contribution in [0.5, 0.6) is 5.75 Å². The number of hydrogen-bond acceptors (Lipinski definition) is 4. The van der Waals surface area contributed by atoms with E-state index in [1.807, 2.05) is 42.5 Å². The predicted molar refractivity (Wildman–Crippen MR) is 103 cm³/mol. The second kappa shape index (κ2) is 7.53. The fourth-order valence-electron chi connectivity index (χ4n) is 2.37. The molecular weight excluding hydrogens is 334 g/mol. The second-order valence-corrected chi connectivity index (χ2v) is 7.11. The molecule has 2 N–H and O–H groups in total. The maximum atomic E-state index is 12.1. The van der Waals surface area contributed by atoms with Gasteiger partial charge in [-0.3, -0.25) is 0 Å². The zero-order valence-corrected chi connectivity index (χ0v) is 15.3. The van der Waals surface area contributed by atoms with E-state index in [0.29, 0.717) is 12.5 Å². The number of benzene rings is 2. The maximum absolute atomic E-state index is 12.1. The fraction of sp³-hybridized carbons (Fsp3) is 0.263. The number of fused-ring (bicyclic) bond motifs is 1. The van der Waals surface area contributed by atoms with Gasteiger partial charge in [-0.05, 0) is 35.9 Å². The van der Waals surface area contributed by atoms with E-state index >= 15 is 0 Å². The smallest absolute Gasteiger partial charge is 0.319 e. The van der Waals surface area contributed by atoms with Gasteiger partial charge in [-0.2, -0.15) is 0 Å². The summed E-state index contributed by atoms with van der Waals surface area (Å²) in [5.74, 6) is 1.20. The number of methoxy groups -OCH3 is 1. The molecule has 0 spiro atoms. The first-order chi connectivity index (χ1) is 12.0. The number of nitrogens with one attached hydrogen (secondary N) is 2. The highest BCUT2D eigenvalue weighted by Crippen LogP contribution is 2.29. The van der Waals surface area contributed by atoms with Crippen molar-refractivity contribution in [2.45, 2.75) is 26.3 Å². The van der Waals surface area contributed by atoms with Crippen molar-refractivity contribution in [1.29, 1.82) is 0 Å². The normalized spacial score (nSPS) is 10.9. The van der Waals surface area contributed by atoms with Gasteiger partial charge >= 0.3 is 6.03 Å². The number of urea groups is 1. The summed E-state index contributed by atoms with van der Waals surface area (Å²) >= 11 is 1.67. The first-order valence-corrected chi connectivity index (χ1v) is 8.95. The minimum atomic E-state index is -0.233. The number of aromatic nitrogens is 1. The number of hydrogen-bond donors (Lipinski definition) is 2. The van der Waals surface area contributed by atoms with Crippen molar-refractivity contribution < 1.29 is 9.53 Å². The van der Waals surface area contributed by atoms with E-state index in [9.17, 15) is 4.79 Å². The first kappa shape index (κ1) is 17.2. The van der Waals surface area contributed by atoms with Crippen molar-refractivity contribution in [1.82, 2.24) is 10.3 Å². The summed E-state index contributed by atoms with van der Waals surface area (Å²) in [7, 11) is 1.63. The van der Waals surface area contributed by atoms with Crippen LogP contribution in [0.2, 0.25) is 0 Å². The topological polar surface area (TPSA) is 63.2 Å². The lowest BCUT2D eigenvalue weighted by Gasteiger charge is -2.08. The van der Waals surface area contributed by atoms with Crippen molar-refractivity contribution in [3.8, 4) is 5.75 Å². The molecule has 0 aliphatic heterocycles. The number of ether oxygens (including phenoxy) is 1. The zero-order valence-electron chi connectivity index (χ0n) is 14.5. The summed E-state index contributed by atoms with van der Waals surface area (Å²) in [6, 6.07) is 13.1. The summed E-state index contributed by atoms with van der Waals surface area (Å²) in [5, 5.41) is 6.83. The van der Waals surface area contributed by atoms with Crippen LogP contribution in [0.25, 0.3) is 10.2 Å². The van der Waals surface area contributed by atoms with E-state index in [-0.39, 0.29) is 6.03 Å². The molecule has 0 saturated heterocycles. The summed E-state index contributed by atoms with van der Waals surface area (Å²) in [6.07, 6.45) is 0.